The molecule has 3 amide bonds. The van der Waals surface area contributed by atoms with Crippen molar-refractivity contribution in [2.75, 3.05) is 126 Å². The van der Waals surface area contributed by atoms with Crippen LogP contribution in [0.1, 0.15) is 0 Å². The third kappa shape index (κ3) is 55.4. The molecule has 0 aliphatic heterocycles. The molecule has 0 heterocycles. The molecule has 2 unspecified atom stereocenters. The molecule has 0 rings (SSSR count). The molecular formula is C21H56N6O8S3. The molecule has 0 aliphatic carbocycles. The Hall–Kier alpha value is -1.18. The first-order valence-corrected chi connectivity index (χ1v) is 14.9. The summed E-state index contributed by atoms with van der Waals surface area (Å²) in [6.45, 7) is 0. The topological polar surface area (TPSA) is 125 Å². The van der Waals surface area contributed by atoms with Gasteiger partial charge in [-0.05, 0) is 12.5 Å². The van der Waals surface area contributed by atoms with E-state index in [0.29, 0.717) is 10.5 Å². The predicted octanol–water partition coefficient (Wildman–Crippen LogP) is 1.15. The van der Waals surface area contributed by atoms with Gasteiger partial charge in [0, 0.05) is 98.8 Å². The van der Waals surface area contributed by atoms with Crippen LogP contribution in [0.25, 0.3) is 0 Å². The van der Waals surface area contributed by atoms with Crippen molar-refractivity contribution in [2.45, 2.75) is 0 Å². The summed E-state index contributed by atoms with van der Waals surface area (Å²) < 4.78 is 41.7. The number of nitrogens with zero attached hydrogens (tertiary/aromatic N) is 6. The van der Waals surface area contributed by atoms with E-state index in [-0.39, 0.29) is 12.1 Å². The molecule has 17 heteroatoms. The van der Waals surface area contributed by atoms with Crippen molar-refractivity contribution in [1.82, 2.24) is 28.4 Å². The molecule has 14 nitrogen and oxygen atoms in total. The summed E-state index contributed by atoms with van der Waals surface area (Å²) in [4.78, 5) is 25.3. The van der Waals surface area contributed by atoms with E-state index in [4.69, 9.17) is 4.28 Å². The molecule has 0 aliphatic rings. The summed E-state index contributed by atoms with van der Waals surface area (Å²) in [5, 5.41) is 1.40. The highest BCUT2D eigenvalue weighted by Crippen LogP contribution is 1.90. The number of methoxy groups -OCH3 is 2. The van der Waals surface area contributed by atoms with Crippen molar-refractivity contribution in [1.29, 1.82) is 0 Å². The maximum atomic E-state index is 10.7. The van der Waals surface area contributed by atoms with Crippen molar-refractivity contribution < 1.29 is 35.9 Å². The minimum atomic E-state index is -1.34. The van der Waals surface area contributed by atoms with E-state index in [0.717, 1.165) is 0 Å². The number of ether oxygens (including phenoxy) is 2. The fourth-order valence-corrected chi connectivity index (χ4v) is 1.61. The molecule has 0 bridgehead atoms. The van der Waals surface area contributed by atoms with Crippen LogP contribution in [0.4, 0.5) is 9.59 Å². The van der Waals surface area contributed by atoms with Crippen molar-refractivity contribution in [3.8, 4) is 0 Å². The highest BCUT2D eigenvalue weighted by molar-refractivity contribution is 8.12. The first-order valence-electron chi connectivity index (χ1n) is 10.6. The Bertz CT molecular complexity index is 590. The summed E-state index contributed by atoms with van der Waals surface area (Å²) in [6, 6.07) is 0.0185. The third-order valence-electron chi connectivity index (χ3n) is 2.26. The van der Waals surface area contributed by atoms with E-state index < -0.39 is 22.5 Å². The van der Waals surface area contributed by atoms with Gasteiger partial charge in [-0.25, -0.2) is 26.6 Å². The highest BCUT2D eigenvalue weighted by atomic mass is 32.2. The lowest BCUT2D eigenvalue weighted by Gasteiger charge is -2.16. The number of hydrogen-bond donors (Lipinski definition) is 0. The molecular weight excluding hydrogens is 560 g/mol. The number of urea groups is 1. The standard InChI is InChI=1S/C5H12N2O.C4H12N2O2S.C4H9NO2.C3H9NO2S.C3H8S.C2H6O/c1-6(2)5(8)7(3)4;1-5(2)8-9(7)6(3)4;1-5(2)4(6)7-3;1-4(2)7(5)6-3;1-4(2)3;1-3-2/h1-4H3;1-4H3;2*1-3H3;1H2,2-3H3;1-2H3. The van der Waals surface area contributed by atoms with Crippen LogP contribution in [0.2, 0.25) is 0 Å². The zero-order valence-corrected chi connectivity index (χ0v) is 29.3. The number of amides is 3. The first-order chi connectivity index (χ1) is 17.1. The Morgan fingerprint density at radius 3 is 0.947 bits per heavy atom. The van der Waals surface area contributed by atoms with E-state index in [1.807, 2.05) is 0 Å². The Balaban J connectivity index is -0.0000000833. The third-order valence-corrected chi connectivity index (χ3v) is 4.16. The van der Waals surface area contributed by atoms with Crippen molar-refractivity contribution in [3.63, 3.8) is 0 Å². The fraction of sp³-hybridized carbons (Fsp3) is 0.857. The van der Waals surface area contributed by atoms with Gasteiger partial charge in [-0.3, -0.25) is 4.18 Å². The quantitative estimate of drug-likeness (QED) is 0.330. The molecule has 2 atom stereocenters. The maximum absolute atomic E-state index is 10.7. The van der Waals surface area contributed by atoms with Crippen LogP contribution >= 0.6 is 10.5 Å². The molecule has 236 valence electrons. The van der Waals surface area contributed by atoms with Crippen LogP contribution in [0.5, 0.6) is 0 Å². The average Bonchev–Trinajstić information content (AvgIpc) is 2.77. The van der Waals surface area contributed by atoms with Crippen LogP contribution in [0.15, 0.2) is 0 Å². The normalized spacial score (nSPS) is 10.9. The smallest absolute Gasteiger partial charge is 0.408 e. The Labute approximate surface area is 240 Å². The van der Waals surface area contributed by atoms with Gasteiger partial charge in [-0.1, -0.05) is 5.87 Å². The van der Waals surface area contributed by atoms with E-state index >= 15 is 0 Å². The Kier molecular flexibility index (Phi) is 44.3. The SMILES string of the molecule is C=S(C)C.CN(C)C(=O)N(C)C.CN(C)OS(=O)N(C)C.COC.COC(=O)N(C)C.COS(=O)N(C)C. The van der Waals surface area contributed by atoms with Crippen molar-refractivity contribution in [3.05, 3.63) is 0 Å². The summed E-state index contributed by atoms with van der Waals surface area (Å²) in [5.41, 5.74) is 0. The van der Waals surface area contributed by atoms with Gasteiger partial charge in [0.15, 0.2) is 0 Å². The van der Waals surface area contributed by atoms with Crippen molar-refractivity contribution >= 4 is 51.0 Å². The molecule has 0 aromatic heterocycles. The second-order valence-electron chi connectivity index (χ2n) is 7.94. The van der Waals surface area contributed by atoms with Gasteiger partial charge in [0.05, 0.1) is 14.2 Å². The lowest BCUT2D eigenvalue weighted by molar-refractivity contribution is 0.00774. The minimum Gasteiger partial charge on any atom is -0.453 e. The van der Waals surface area contributed by atoms with Gasteiger partial charge in [0.2, 0.25) is 11.3 Å². The fourth-order valence-electron chi connectivity index (χ4n) is 0.926. The van der Waals surface area contributed by atoms with Crippen molar-refractivity contribution in [2.24, 2.45) is 0 Å². The molecule has 0 N–H and O–H groups in total. The zero-order valence-electron chi connectivity index (χ0n) is 26.9. The average molecular weight is 617 g/mol. The van der Waals surface area contributed by atoms with E-state index in [2.05, 4.69) is 32.0 Å². The summed E-state index contributed by atoms with van der Waals surface area (Å²) in [7, 11) is 26.6. The van der Waals surface area contributed by atoms with Gasteiger partial charge in [-0.15, -0.1) is 0 Å². The van der Waals surface area contributed by atoms with Gasteiger partial charge < -0.3 is 24.2 Å². The van der Waals surface area contributed by atoms with E-state index in [1.54, 1.807) is 98.8 Å². The Morgan fingerprint density at radius 2 is 0.921 bits per heavy atom. The summed E-state index contributed by atoms with van der Waals surface area (Å²) in [5.74, 6) is 3.67. The number of hydroxylamine groups is 2. The predicted molar refractivity (Wildman–Crippen MR) is 164 cm³/mol. The second-order valence-corrected chi connectivity index (χ2v) is 12.7. The van der Waals surface area contributed by atoms with E-state index in [1.165, 1.54) is 42.6 Å². The Morgan fingerprint density at radius 1 is 0.632 bits per heavy atom. The molecule has 0 aromatic rings. The molecule has 0 fully saturated rings. The highest BCUT2D eigenvalue weighted by Gasteiger charge is 2.03. The second kappa shape index (κ2) is 33.8. The summed E-state index contributed by atoms with van der Waals surface area (Å²) >= 11 is -2.59. The number of rotatable bonds is 5. The van der Waals surface area contributed by atoms with Crippen LogP contribution in [0.3, 0.4) is 0 Å². The summed E-state index contributed by atoms with van der Waals surface area (Å²) in [6.07, 6.45) is 3.85. The minimum absolute atomic E-state index is 0.0185. The largest absolute Gasteiger partial charge is 0.453 e. The van der Waals surface area contributed by atoms with Gasteiger partial charge in [0.1, 0.15) is 0 Å². The maximum Gasteiger partial charge on any atom is 0.408 e. The van der Waals surface area contributed by atoms with Gasteiger partial charge in [-0.2, -0.15) is 19.8 Å². The van der Waals surface area contributed by atoms with Crippen LogP contribution < -0.4 is 0 Å². The number of carbonyl (C=O) groups excluding carboxylic acids is 2. The zero-order chi connectivity index (χ0) is 32.2. The monoisotopic (exact) mass is 616 g/mol. The van der Waals surface area contributed by atoms with E-state index in [9.17, 15) is 18.0 Å². The van der Waals surface area contributed by atoms with Crippen LogP contribution in [-0.4, -0.2) is 180 Å². The molecule has 0 saturated heterocycles. The molecule has 0 saturated carbocycles. The molecule has 0 radical (unpaired) electrons. The lowest BCUT2D eigenvalue weighted by atomic mass is 10.7. The lowest BCUT2D eigenvalue weighted by Crippen LogP contribution is -2.33. The molecule has 0 spiro atoms. The number of carbonyl (C=O) groups is 2. The van der Waals surface area contributed by atoms with Gasteiger partial charge in [0.25, 0.3) is 11.3 Å². The number of hydrogen-bond acceptors (Lipinski definition) is 9. The van der Waals surface area contributed by atoms with Crippen LogP contribution in [-0.2, 0) is 40.5 Å². The molecule has 0 aromatic carbocycles. The van der Waals surface area contributed by atoms with Gasteiger partial charge >= 0.3 is 12.1 Å². The van der Waals surface area contributed by atoms with Crippen LogP contribution in [0, 0.1) is 0 Å². The first kappa shape index (κ1) is 49.7. The molecule has 38 heavy (non-hydrogen) atoms.